The normalized spacial score (nSPS) is 20.8. The van der Waals surface area contributed by atoms with E-state index in [1.54, 1.807) is 0 Å². The van der Waals surface area contributed by atoms with E-state index in [1.807, 2.05) is 27.7 Å². The Morgan fingerprint density at radius 2 is 1.02 bits per heavy atom. The first-order valence-corrected chi connectivity index (χ1v) is 15.2. The predicted molar refractivity (Wildman–Crippen MR) is 150 cm³/mol. The average molecular weight is 567 g/mol. The number of esters is 4. The SMILES string of the molecule is C#CC(OC(=O)CCCCC)[C@H]1O[C@@H](OC(=O)CCCCC)[C@@H](OC(=O)CCCCC)[C@@H]1OC(=O)CCCCC. The molecule has 5 atom stereocenters. The van der Waals surface area contributed by atoms with Crippen LogP contribution in [0.2, 0.25) is 0 Å². The van der Waals surface area contributed by atoms with Crippen LogP contribution in [-0.2, 0) is 42.9 Å². The summed E-state index contributed by atoms with van der Waals surface area (Å²) in [5.74, 6) is 0.304. The van der Waals surface area contributed by atoms with Gasteiger partial charge in [-0.1, -0.05) is 85.0 Å². The molecule has 0 amide bonds. The summed E-state index contributed by atoms with van der Waals surface area (Å²) in [7, 11) is 0. The highest BCUT2D eigenvalue weighted by molar-refractivity contribution is 5.72. The van der Waals surface area contributed by atoms with Crippen LogP contribution >= 0.6 is 0 Å². The Morgan fingerprint density at radius 1 is 0.625 bits per heavy atom. The van der Waals surface area contributed by atoms with Gasteiger partial charge in [-0.15, -0.1) is 6.42 Å². The first-order chi connectivity index (χ1) is 19.3. The van der Waals surface area contributed by atoms with Gasteiger partial charge in [-0.05, 0) is 25.7 Å². The number of hydrogen-bond acceptors (Lipinski definition) is 9. The molecule has 1 aliphatic rings. The minimum absolute atomic E-state index is 0.146. The number of unbranched alkanes of at least 4 members (excludes halogenated alkanes) is 8. The summed E-state index contributed by atoms with van der Waals surface area (Å²) in [4.78, 5) is 50.7. The molecular formula is C31H50O9. The molecule has 0 bridgehead atoms. The molecule has 0 aromatic rings. The second-order valence-corrected chi connectivity index (χ2v) is 10.3. The van der Waals surface area contributed by atoms with Crippen molar-refractivity contribution >= 4 is 23.9 Å². The second-order valence-electron chi connectivity index (χ2n) is 10.3. The van der Waals surface area contributed by atoms with E-state index < -0.39 is 54.6 Å². The topological polar surface area (TPSA) is 114 Å². The summed E-state index contributed by atoms with van der Waals surface area (Å²) < 4.78 is 28.6. The first-order valence-electron chi connectivity index (χ1n) is 15.2. The van der Waals surface area contributed by atoms with Crippen molar-refractivity contribution in [3.8, 4) is 12.3 Å². The highest BCUT2D eigenvalue weighted by Gasteiger charge is 2.55. The summed E-state index contributed by atoms with van der Waals surface area (Å²) in [6.45, 7) is 8.08. The van der Waals surface area contributed by atoms with E-state index in [0.29, 0.717) is 25.7 Å². The summed E-state index contributed by atoms with van der Waals surface area (Å²) >= 11 is 0. The van der Waals surface area contributed by atoms with Crippen molar-refractivity contribution < 1.29 is 42.9 Å². The van der Waals surface area contributed by atoms with Crippen molar-refractivity contribution in [3.63, 3.8) is 0 Å². The molecule has 1 saturated heterocycles. The van der Waals surface area contributed by atoms with Crippen LogP contribution in [0.25, 0.3) is 0 Å². The molecule has 0 radical (unpaired) electrons. The van der Waals surface area contributed by atoms with Crippen molar-refractivity contribution in [1.29, 1.82) is 0 Å². The van der Waals surface area contributed by atoms with Gasteiger partial charge in [0.1, 0.15) is 0 Å². The molecule has 228 valence electrons. The number of carbonyl (C=O) groups excluding carboxylic acids is 4. The lowest BCUT2D eigenvalue weighted by molar-refractivity contribution is -0.201. The quantitative estimate of drug-likeness (QED) is 0.0720. The monoisotopic (exact) mass is 566 g/mol. The molecule has 1 rings (SSSR count). The van der Waals surface area contributed by atoms with E-state index in [0.717, 1.165) is 51.4 Å². The van der Waals surface area contributed by atoms with Gasteiger partial charge < -0.3 is 23.7 Å². The molecule has 0 saturated carbocycles. The van der Waals surface area contributed by atoms with Gasteiger partial charge >= 0.3 is 23.9 Å². The zero-order chi connectivity index (χ0) is 29.8. The fraction of sp³-hybridized carbons (Fsp3) is 0.806. The minimum Gasteiger partial charge on any atom is -0.455 e. The molecule has 1 fully saturated rings. The fourth-order valence-corrected chi connectivity index (χ4v) is 4.33. The number of carbonyl (C=O) groups is 4. The van der Waals surface area contributed by atoms with Crippen molar-refractivity contribution in [2.75, 3.05) is 0 Å². The Balaban J connectivity index is 3.22. The Labute approximate surface area is 240 Å². The van der Waals surface area contributed by atoms with E-state index in [4.69, 9.17) is 30.1 Å². The Kier molecular flexibility index (Phi) is 18.8. The molecule has 0 aromatic carbocycles. The Morgan fingerprint density at radius 3 is 1.45 bits per heavy atom. The van der Waals surface area contributed by atoms with Crippen molar-refractivity contribution in [2.45, 2.75) is 161 Å². The third kappa shape index (κ3) is 13.6. The third-order valence-corrected chi connectivity index (χ3v) is 6.65. The maximum absolute atomic E-state index is 12.8. The van der Waals surface area contributed by atoms with E-state index in [9.17, 15) is 19.2 Å². The molecule has 9 heteroatoms. The van der Waals surface area contributed by atoms with Gasteiger partial charge in [-0.25, -0.2) is 0 Å². The average Bonchev–Trinajstić information content (AvgIpc) is 3.23. The van der Waals surface area contributed by atoms with E-state index >= 15 is 0 Å². The zero-order valence-corrected chi connectivity index (χ0v) is 25.0. The standard InChI is InChI=1S/C31H50O9/c1-6-11-15-19-24(32)36-23(10-5)28-29(37-25(33)20-16-12-7-2)30(38-26(34)21-17-13-8-3)31(40-28)39-27(35)22-18-14-9-4/h5,23,28-31H,6-9,11-22H2,1-4H3/t23?,28-,29-,30+,31-/m1/s1. The maximum atomic E-state index is 12.8. The Hall–Kier alpha value is -2.60. The predicted octanol–water partition coefficient (Wildman–Crippen LogP) is 5.94. The van der Waals surface area contributed by atoms with Crippen LogP contribution in [0, 0.1) is 12.3 Å². The van der Waals surface area contributed by atoms with Crippen LogP contribution in [0.5, 0.6) is 0 Å². The fourth-order valence-electron chi connectivity index (χ4n) is 4.33. The summed E-state index contributed by atoms with van der Waals surface area (Å²) in [6.07, 6.45) is 9.72. The van der Waals surface area contributed by atoms with E-state index in [-0.39, 0.29) is 25.7 Å². The zero-order valence-electron chi connectivity index (χ0n) is 25.0. The number of hydrogen-bond donors (Lipinski definition) is 0. The molecule has 0 aromatic heterocycles. The smallest absolute Gasteiger partial charge is 0.308 e. The van der Waals surface area contributed by atoms with Crippen LogP contribution in [0.1, 0.15) is 130 Å². The van der Waals surface area contributed by atoms with Gasteiger partial charge in [-0.2, -0.15) is 0 Å². The molecule has 1 aliphatic heterocycles. The van der Waals surface area contributed by atoms with Crippen LogP contribution < -0.4 is 0 Å². The summed E-state index contributed by atoms with van der Waals surface area (Å²) in [6, 6.07) is 0. The molecule has 1 unspecified atom stereocenters. The van der Waals surface area contributed by atoms with E-state index in [1.165, 1.54) is 0 Å². The molecule has 0 N–H and O–H groups in total. The number of terminal acetylenes is 1. The van der Waals surface area contributed by atoms with Crippen molar-refractivity contribution in [3.05, 3.63) is 0 Å². The highest BCUT2D eigenvalue weighted by Crippen LogP contribution is 2.32. The summed E-state index contributed by atoms with van der Waals surface area (Å²) in [5.41, 5.74) is 0. The molecule has 9 nitrogen and oxygen atoms in total. The highest BCUT2D eigenvalue weighted by atomic mass is 16.8. The van der Waals surface area contributed by atoms with Gasteiger partial charge in [0.15, 0.2) is 18.3 Å². The number of rotatable bonds is 21. The molecule has 40 heavy (non-hydrogen) atoms. The maximum Gasteiger partial charge on any atom is 0.308 e. The van der Waals surface area contributed by atoms with Crippen LogP contribution in [0.3, 0.4) is 0 Å². The summed E-state index contributed by atoms with van der Waals surface area (Å²) in [5, 5.41) is 0. The molecule has 0 spiro atoms. The molecule has 0 aliphatic carbocycles. The van der Waals surface area contributed by atoms with Gasteiger partial charge in [0, 0.05) is 25.7 Å². The van der Waals surface area contributed by atoms with Crippen LogP contribution in [0.4, 0.5) is 0 Å². The van der Waals surface area contributed by atoms with Gasteiger partial charge in [0.2, 0.25) is 12.4 Å². The van der Waals surface area contributed by atoms with Gasteiger partial charge in [0.25, 0.3) is 0 Å². The number of ether oxygens (including phenoxy) is 5. The third-order valence-electron chi connectivity index (χ3n) is 6.65. The van der Waals surface area contributed by atoms with Gasteiger partial charge in [-0.3, -0.25) is 19.2 Å². The van der Waals surface area contributed by atoms with Crippen molar-refractivity contribution in [2.24, 2.45) is 0 Å². The first kappa shape index (κ1) is 35.4. The lowest BCUT2D eigenvalue weighted by Crippen LogP contribution is -2.45. The second kappa shape index (κ2) is 21.2. The lowest BCUT2D eigenvalue weighted by atomic mass is 10.0. The molecule has 1 heterocycles. The van der Waals surface area contributed by atoms with Gasteiger partial charge in [0.05, 0.1) is 0 Å². The molecular weight excluding hydrogens is 516 g/mol. The van der Waals surface area contributed by atoms with Crippen molar-refractivity contribution in [1.82, 2.24) is 0 Å². The lowest BCUT2D eigenvalue weighted by Gasteiger charge is -2.26. The minimum atomic E-state index is -1.36. The Bertz CT molecular complexity index is 803. The largest absolute Gasteiger partial charge is 0.455 e. The van der Waals surface area contributed by atoms with E-state index in [2.05, 4.69) is 5.92 Å². The van der Waals surface area contributed by atoms with Crippen LogP contribution in [0.15, 0.2) is 0 Å². The van der Waals surface area contributed by atoms with Crippen LogP contribution in [-0.4, -0.2) is 54.6 Å².